The summed E-state index contributed by atoms with van der Waals surface area (Å²) in [5.41, 5.74) is 2.24. The van der Waals surface area contributed by atoms with Crippen LogP contribution in [0.3, 0.4) is 0 Å². The largest absolute Gasteiger partial charge is 0.493 e. The van der Waals surface area contributed by atoms with E-state index in [1.54, 1.807) is 14.0 Å². The molecule has 0 atom stereocenters. The molecular formula is C20H36N4O3S. The van der Waals surface area contributed by atoms with Crippen LogP contribution in [0.5, 0.6) is 5.75 Å². The van der Waals surface area contributed by atoms with Crippen molar-refractivity contribution in [2.24, 2.45) is 10.9 Å². The third-order valence-corrected chi connectivity index (χ3v) is 5.60. The minimum absolute atomic E-state index is 0.0990. The Balaban J connectivity index is 2.48. The molecule has 0 aliphatic heterocycles. The summed E-state index contributed by atoms with van der Waals surface area (Å²) in [4.78, 5) is 4.21. The minimum Gasteiger partial charge on any atom is -0.493 e. The lowest BCUT2D eigenvalue weighted by molar-refractivity contribution is 0.286. The van der Waals surface area contributed by atoms with Gasteiger partial charge >= 0.3 is 0 Å². The molecule has 1 aromatic carbocycles. The van der Waals surface area contributed by atoms with Gasteiger partial charge in [0.05, 0.1) is 12.4 Å². The van der Waals surface area contributed by atoms with E-state index in [4.69, 9.17) is 4.74 Å². The van der Waals surface area contributed by atoms with E-state index in [2.05, 4.69) is 59.3 Å². The van der Waals surface area contributed by atoms with E-state index in [-0.39, 0.29) is 5.75 Å². The summed E-state index contributed by atoms with van der Waals surface area (Å²) in [5, 5.41) is 6.48. The number of benzene rings is 1. The number of aryl methyl sites for hydroxylation is 1. The Hall–Kier alpha value is -1.80. The minimum atomic E-state index is -3.13. The summed E-state index contributed by atoms with van der Waals surface area (Å²) in [6.07, 6.45) is 1.69. The van der Waals surface area contributed by atoms with Crippen LogP contribution in [0.25, 0.3) is 0 Å². The van der Waals surface area contributed by atoms with Crippen molar-refractivity contribution in [1.82, 2.24) is 15.4 Å². The predicted octanol–water partition coefficient (Wildman–Crippen LogP) is 2.41. The number of aliphatic imine (C=N–C) groups is 1. The van der Waals surface area contributed by atoms with E-state index in [1.165, 1.54) is 5.56 Å². The molecule has 0 spiro atoms. The number of ether oxygens (including phenoxy) is 1. The third-order valence-electron chi connectivity index (χ3n) is 4.19. The van der Waals surface area contributed by atoms with E-state index in [9.17, 15) is 8.42 Å². The number of nitrogens with zero attached hydrogens (tertiary/aromatic N) is 1. The maximum atomic E-state index is 11.4. The van der Waals surface area contributed by atoms with Gasteiger partial charge in [0.1, 0.15) is 5.75 Å². The van der Waals surface area contributed by atoms with Gasteiger partial charge < -0.3 is 15.4 Å². The molecular weight excluding hydrogens is 376 g/mol. The number of hydrogen-bond donors (Lipinski definition) is 3. The van der Waals surface area contributed by atoms with E-state index in [0.717, 1.165) is 17.7 Å². The van der Waals surface area contributed by atoms with Crippen molar-refractivity contribution >= 4 is 16.0 Å². The van der Waals surface area contributed by atoms with Gasteiger partial charge in [-0.2, -0.15) is 0 Å². The van der Waals surface area contributed by atoms with Gasteiger partial charge in [0.15, 0.2) is 5.96 Å². The first-order chi connectivity index (χ1) is 13.3. The molecule has 0 radical (unpaired) electrons. The molecule has 0 amide bonds. The maximum absolute atomic E-state index is 11.4. The Morgan fingerprint density at radius 2 is 1.96 bits per heavy atom. The molecule has 0 aliphatic rings. The first-order valence-corrected chi connectivity index (χ1v) is 11.6. The van der Waals surface area contributed by atoms with Crippen LogP contribution in [0.15, 0.2) is 23.2 Å². The summed E-state index contributed by atoms with van der Waals surface area (Å²) in [5.74, 6) is 2.28. The van der Waals surface area contributed by atoms with Gasteiger partial charge in [-0.15, -0.1) is 0 Å². The molecule has 1 rings (SSSR count). The topological polar surface area (TPSA) is 91.8 Å². The number of sulfonamides is 1. The zero-order chi connectivity index (χ0) is 21.0. The van der Waals surface area contributed by atoms with Gasteiger partial charge in [0.2, 0.25) is 10.0 Å². The quantitative estimate of drug-likeness (QED) is 0.279. The Labute approximate surface area is 170 Å². The Morgan fingerprint density at radius 1 is 1.21 bits per heavy atom. The molecule has 0 saturated heterocycles. The number of guanidine groups is 1. The van der Waals surface area contributed by atoms with Crippen LogP contribution >= 0.6 is 0 Å². The second-order valence-electron chi connectivity index (χ2n) is 7.15. The maximum Gasteiger partial charge on any atom is 0.211 e. The smallest absolute Gasteiger partial charge is 0.211 e. The number of rotatable bonds is 12. The van der Waals surface area contributed by atoms with Crippen molar-refractivity contribution in [2.75, 3.05) is 32.5 Å². The van der Waals surface area contributed by atoms with Crippen molar-refractivity contribution in [2.45, 2.75) is 47.1 Å². The fourth-order valence-corrected chi connectivity index (χ4v) is 3.03. The fourth-order valence-electron chi connectivity index (χ4n) is 2.37. The highest BCUT2D eigenvalue weighted by atomic mass is 32.2. The zero-order valence-corrected chi connectivity index (χ0v) is 18.7. The van der Waals surface area contributed by atoms with E-state index in [0.29, 0.717) is 44.5 Å². The van der Waals surface area contributed by atoms with Gasteiger partial charge in [-0.25, -0.2) is 13.1 Å². The summed E-state index contributed by atoms with van der Waals surface area (Å²) in [6.45, 7) is 10.4. The van der Waals surface area contributed by atoms with Crippen LogP contribution in [-0.4, -0.2) is 46.9 Å². The summed E-state index contributed by atoms with van der Waals surface area (Å²) in [7, 11) is -1.42. The monoisotopic (exact) mass is 412 g/mol. The lowest BCUT2D eigenvalue weighted by Gasteiger charge is -2.16. The average Bonchev–Trinajstić information content (AvgIpc) is 2.64. The SMILES string of the molecule is CCS(=O)(=O)NCCCNC(=NC)NCc1ccc(C)cc1OCCC(C)C. The summed E-state index contributed by atoms with van der Waals surface area (Å²) < 4.78 is 31.3. The van der Waals surface area contributed by atoms with Gasteiger partial charge in [-0.05, 0) is 44.2 Å². The molecule has 28 heavy (non-hydrogen) atoms. The van der Waals surface area contributed by atoms with Crippen LogP contribution in [-0.2, 0) is 16.6 Å². The molecule has 0 heterocycles. The molecule has 0 bridgehead atoms. The van der Waals surface area contributed by atoms with Gasteiger partial charge in [-0.1, -0.05) is 26.0 Å². The van der Waals surface area contributed by atoms with Crippen molar-refractivity contribution in [3.63, 3.8) is 0 Å². The first kappa shape index (κ1) is 24.2. The molecule has 1 aromatic rings. The molecule has 0 fully saturated rings. The van der Waals surface area contributed by atoms with E-state index >= 15 is 0 Å². The molecule has 0 aliphatic carbocycles. The normalized spacial score (nSPS) is 12.3. The highest BCUT2D eigenvalue weighted by Gasteiger charge is 2.07. The fraction of sp³-hybridized carbons (Fsp3) is 0.650. The van der Waals surface area contributed by atoms with Crippen LogP contribution in [0.4, 0.5) is 0 Å². The van der Waals surface area contributed by atoms with Gasteiger partial charge in [0.25, 0.3) is 0 Å². The number of nitrogens with one attached hydrogen (secondary N) is 3. The highest BCUT2D eigenvalue weighted by molar-refractivity contribution is 7.89. The molecule has 3 N–H and O–H groups in total. The molecule has 0 unspecified atom stereocenters. The van der Waals surface area contributed by atoms with Crippen molar-refractivity contribution in [3.8, 4) is 5.75 Å². The second-order valence-corrected chi connectivity index (χ2v) is 9.24. The van der Waals surface area contributed by atoms with Crippen LogP contribution in [0.2, 0.25) is 0 Å². The number of hydrogen-bond acceptors (Lipinski definition) is 4. The van der Waals surface area contributed by atoms with Gasteiger partial charge in [0, 0.05) is 32.2 Å². The first-order valence-electron chi connectivity index (χ1n) is 9.91. The van der Waals surface area contributed by atoms with Crippen molar-refractivity contribution in [1.29, 1.82) is 0 Å². The van der Waals surface area contributed by atoms with E-state index in [1.807, 2.05) is 0 Å². The van der Waals surface area contributed by atoms with E-state index < -0.39 is 10.0 Å². The molecule has 0 aromatic heterocycles. The lowest BCUT2D eigenvalue weighted by Crippen LogP contribution is -2.38. The van der Waals surface area contributed by atoms with Gasteiger partial charge in [-0.3, -0.25) is 4.99 Å². The zero-order valence-electron chi connectivity index (χ0n) is 17.8. The third kappa shape index (κ3) is 9.94. The molecule has 8 heteroatoms. The van der Waals surface area contributed by atoms with Crippen molar-refractivity contribution < 1.29 is 13.2 Å². The Bertz CT molecular complexity index is 718. The molecule has 160 valence electrons. The average molecular weight is 413 g/mol. The highest BCUT2D eigenvalue weighted by Crippen LogP contribution is 2.21. The lowest BCUT2D eigenvalue weighted by atomic mass is 10.1. The Morgan fingerprint density at radius 3 is 2.61 bits per heavy atom. The Kier molecular flexibility index (Phi) is 10.9. The predicted molar refractivity (Wildman–Crippen MR) is 116 cm³/mol. The van der Waals surface area contributed by atoms with Crippen LogP contribution < -0.4 is 20.1 Å². The van der Waals surface area contributed by atoms with Crippen LogP contribution in [0, 0.1) is 12.8 Å². The van der Waals surface area contributed by atoms with Crippen molar-refractivity contribution in [3.05, 3.63) is 29.3 Å². The summed E-state index contributed by atoms with van der Waals surface area (Å²) in [6, 6.07) is 6.20. The van der Waals surface area contributed by atoms with Crippen LogP contribution in [0.1, 0.15) is 44.7 Å². The second kappa shape index (κ2) is 12.6. The molecule has 7 nitrogen and oxygen atoms in total. The summed E-state index contributed by atoms with van der Waals surface area (Å²) >= 11 is 0. The standard InChI is InChI=1S/C20H36N4O3S/c1-6-28(25,26)24-12-7-11-22-20(21-5)23-15-18-9-8-17(4)14-19(18)27-13-10-16(2)3/h8-9,14,16,24H,6-7,10-13,15H2,1-5H3,(H2,21,22,23). The molecule has 0 saturated carbocycles.